The van der Waals surface area contributed by atoms with Gasteiger partial charge in [0.05, 0.1) is 0 Å². The van der Waals surface area contributed by atoms with Crippen LogP contribution in [0.4, 0.5) is 0 Å². The van der Waals surface area contributed by atoms with Gasteiger partial charge in [-0.1, -0.05) is 63.9 Å². The van der Waals surface area contributed by atoms with E-state index in [1.54, 1.807) is 7.11 Å². The van der Waals surface area contributed by atoms with Gasteiger partial charge in [-0.05, 0) is 51.3 Å². The van der Waals surface area contributed by atoms with Crippen molar-refractivity contribution in [1.82, 2.24) is 4.90 Å². The highest BCUT2D eigenvalue weighted by atomic mass is 31.1. The van der Waals surface area contributed by atoms with Gasteiger partial charge in [0.25, 0.3) is 0 Å². The number of aryl methyl sites for hydroxylation is 2. The van der Waals surface area contributed by atoms with E-state index in [4.69, 9.17) is 9.47 Å². The van der Waals surface area contributed by atoms with E-state index in [1.165, 1.54) is 27.6 Å². The van der Waals surface area contributed by atoms with Crippen molar-refractivity contribution >= 4 is 13.9 Å². The van der Waals surface area contributed by atoms with Crippen LogP contribution in [0, 0.1) is 13.8 Å². The molecule has 2 aromatic carbocycles. The number of hydrogen-bond donors (Lipinski definition) is 0. The first-order valence-electron chi connectivity index (χ1n) is 9.54. The minimum atomic E-state index is 0.0193. The van der Waals surface area contributed by atoms with Gasteiger partial charge in [0.2, 0.25) is 0 Å². The second-order valence-corrected chi connectivity index (χ2v) is 9.65. The molecule has 0 N–H and O–H groups in total. The number of benzene rings is 2. The Morgan fingerprint density at radius 2 is 1.70 bits per heavy atom. The molecule has 0 fully saturated rings. The standard InChI is InChI=1S/C23H34NO2P/c1-8-23(4,20-14-18(3)9-11-21(20)26-16-25-7)27-22-12-10-17(2)13-19(22)15-24(5)6/h9-14,27H,8,15-16H2,1-7H3. The van der Waals surface area contributed by atoms with Crippen molar-refractivity contribution in [3.8, 4) is 5.75 Å². The van der Waals surface area contributed by atoms with Crippen molar-refractivity contribution in [3.05, 3.63) is 58.7 Å². The number of methoxy groups -OCH3 is 1. The third-order valence-electron chi connectivity index (χ3n) is 4.93. The third kappa shape index (κ3) is 5.78. The molecule has 2 atom stereocenters. The van der Waals surface area contributed by atoms with Gasteiger partial charge in [0, 0.05) is 24.4 Å². The van der Waals surface area contributed by atoms with Crippen molar-refractivity contribution in [2.75, 3.05) is 28.0 Å². The van der Waals surface area contributed by atoms with Crippen molar-refractivity contribution in [2.24, 2.45) is 0 Å². The summed E-state index contributed by atoms with van der Waals surface area (Å²) in [4.78, 5) is 2.24. The molecule has 0 heterocycles. The predicted molar refractivity (Wildman–Crippen MR) is 118 cm³/mol. The Balaban J connectivity index is 2.45. The number of rotatable bonds is 9. The summed E-state index contributed by atoms with van der Waals surface area (Å²) in [6.07, 6.45) is 1.05. The van der Waals surface area contributed by atoms with E-state index in [0.29, 0.717) is 8.58 Å². The van der Waals surface area contributed by atoms with Crippen LogP contribution in [0.15, 0.2) is 36.4 Å². The van der Waals surface area contributed by atoms with Crippen molar-refractivity contribution in [3.63, 3.8) is 0 Å². The monoisotopic (exact) mass is 387 g/mol. The zero-order chi connectivity index (χ0) is 20.0. The summed E-state index contributed by atoms with van der Waals surface area (Å²) >= 11 is 0. The van der Waals surface area contributed by atoms with Crippen LogP contribution in [0.2, 0.25) is 0 Å². The summed E-state index contributed by atoms with van der Waals surface area (Å²) in [5.74, 6) is 0.931. The van der Waals surface area contributed by atoms with E-state index in [1.807, 2.05) is 0 Å². The number of ether oxygens (including phenoxy) is 2. The average Bonchev–Trinajstić information content (AvgIpc) is 2.62. The Morgan fingerprint density at radius 3 is 2.33 bits per heavy atom. The molecule has 0 aliphatic rings. The van der Waals surface area contributed by atoms with Crippen LogP contribution in [-0.4, -0.2) is 32.9 Å². The quantitative estimate of drug-likeness (QED) is 0.448. The summed E-state index contributed by atoms with van der Waals surface area (Å²) in [5.41, 5.74) is 5.27. The normalized spacial score (nSPS) is 14.1. The lowest BCUT2D eigenvalue weighted by molar-refractivity contribution is 0.0500. The molecule has 0 radical (unpaired) electrons. The van der Waals surface area contributed by atoms with Gasteiger partial charge in [0.1, 0.15) is 5.75 Å². The fourth-order valence-corrected chi connectivity index (χ4v) is 4.86. The molecule has 0 aliphatic heterocycles. The fourth-order valence-electron chi connectivity index (χ4n) is 3.28. The zero-order valence-corrected chi connectivity index (χ0v) is 18.8. The van der Waals surface area contributed by atoms with E-state index in [-0.39, 0.29) is 11.9 Å². The molecular weight excluding hydrogens is 353 g/mol. The van der Waals surface area contributed by atoms with Crippen LogP contribution in [0.25, 0.3) is 0 Å². The lowest BCUT2D eigenvalue weighted by atomic mass is 9.95. The predicted octanol–water partition coefficient (Wildman–Crippen LogP) is 4.98. The first-order chi connectivity index (χ1) is 12.8. The molecule has 148 valence electrons. The first kappa shape index (κ1) is 21.9. The molecule has 3 nitrogen and oxygen atoms in total. The van der Waals surface area contributed by atoms with Crippen LogP contribution >= 0.6 is 8.58 Å². The SMILES string of the molecule is CCC(C)(Pc1ccc(C)cc1CN(C)C)c1cc(C)ccc1OCOC. The Bertz CT molecular complexity index is 760. The van der Waals surface area contributed by atoms with E-state index < -0.39 is 0 Å². The van der Waals surface area contributed by atoms with E-state index in [2.05, 4.69) is 83.1 Å². The summed E-state index contributed by atoms with van der Waals surface area (Å²) < 4.78 is 11.1. The Morgan fingerprint density at radius 1 is 1.04 bits per heavy atom. The van der Waals surface area contributed by atoms with Gasteiger partial charge < -0.3 is 14.4 Å². The first-order valence-corrected chi connectivity index (χ1v) is 10.5. The zero-order valence-electron chi connectivity index (χ0n) is 17.8. The van der Waals surface area contributed by atoms with Crippen molar-refractivity contribution in [2.45, 2.75) is 45.8 Å². The van der Waals surface area contributed by atoms with Crippen LogP contribution in [0.3, 0.4) is 0 Å². The maximum atomic E-state index is 5.91. The Hall–Kier alpha value is -1.41. The Kier molecular flexibility index (Phi) is 7.85. The molecule has 2 rings (SSSR count). The third-order valence-corrected chi connectivity index (χ3v) is 6.86. The fraction of sp³-hybridized carbons (Fsp3) is 0.478. The minimum absolute atomic E-state index is 0.0193. The second-order valence-electron chi connectivity index (χ2n) is 7.76. The van der Waals surface area contributed by atoms with E-state index in [0.717, 1.165) is 18.7 Å². The van der Waals surface area contributed by atoms with Gasteiger partial charge in [-0.2, -0.15) is 0 Å². The van der Waals surface area contributed by atoms with E-state index >= 15 is 0 Å². The molecular formula is C23H34NO2P. The highest BCUT2D eigenvalue weighted by molar-refractivity contribution is 7.48. The summed E-state index contributed by atoms with van der Waals surface area (Å²) in [7, 11) is 6.59. The summed E-state index contributed by atoms with van der Waals surface area (Å²) in [6, 6.07) is 13.3. The van der Waals surface area contributed by atoms with Crippen molar-refractivity contribution in [1.29, 1.82) is 0 Å². The molecule has 2 aromatic rings. The molecule has 0 amide bonds. The largest absolute Gasteiger partial charge is 0.467 e. The smallest absolute Gasteiger partial charge is 0.188 e. The molecule has 0 saturated carbocycles. The highest BCUT2D eigenvalue weighted by Crippen LogP contribution is 2.48. The van der Waals surface area contributed by atoms with Crippen molar-refractivity contribution < 1.29 is 9.47 Å². The lowest BCUT2D eigenvalue weighted by Gasteiger charge is -2.32. The van der Waals surface area contributed by atoms with E-state index in [9.17, 15) is 0 Å². The molecule has 4 heteroatoms. The molecule has 27 heavy (non-hydrogen) atoms. The summed E-state index contributed by atoms with van der Waals surface area (Å²) in [6.45, 7) is 10.2. The molecule has 2 unspecified atom stereocenters. The van der Waals surface area contributed by atoms with Crippen LogP contribution < -0.4 is 10.0 Å². The summed E-state index contributed by atoms with van der Waals surface area (Å²) in [5, 5.41) is 1.46. The van der Waals surface area contributed by atoms with Crippen LogP contribution in [-0.2, 0) is 16.4 Å². The van der Waals surface area contributed by atoms with Crippen LogP contribution in [0.1, 0.15) is 42.5 Å². The molecule has 0 bridgehead atoms. The van der Waals surface area contributed by atoms with Gasteiger partial charge >= 0.3 is 0 Å². The maximum absolute atomic E-state index is 5.91. The molecule has 0 spiro atoms. The topological polar surface area (TPSA) is 21.7 Å². The average molecular weight is 388 g/mol. The minimum Gasteiger partial charge on any atom is -0.467 e. The molecule has 0 aliphatic carbocycles. The van der Waals surface area contributed by atoms with Gasteiger partial charge in [-0.3, -0.25) is 0 Å². The number of hydrogen-bond acceptors (Lipinski definition) is 3. The second kappa shape index (κ2) is 9.68. The van der Waals surface area contributed by atoms with Crippen LogP contribution in [0.5, 0.6) is 5.75 Å². The molecule has 0 aromatic heterocycles. The van der Waals surface area contributed by atoms with Gasteiger partial charge in [0.15, 0.2) is 6.79 Å². The van der Waals surface area contributed by atoms with Gasteiger partial charge in [-0.15, -0.1) is 0 Å². The molecule has 0 saturated heterocycles. The lowest BCUT2D eigenvalue weighted by Crippen LogP contribution is -2.23. The highest BCUT2D eigenvalue weighted by Gasteiger charge is 2.29. The Labute approximate surface area is 166 Å². The maximum Gasteiger partial charge on any atom is 0.188 e. The van der Waals surface area contributed by atoms with Gasteiger partial charge in [-0.25, -0.2) is 0 Å². The number of nitrogens with zero attached hydrogens (tertiary/aromatic N) is 1.